The van der Waals surface area contributed by atoms with Gasteiger partial charge in [0.05, 0.1) is 5.92 Å². The molecule has 2 aliphatic rings. The quantitative estimate of drug-likeness (QED) is 0.821. The van der Waals surface area contributed by atoms with Crippen molar-refractivity contribution >= 4 is 17.7 Å². The normalized spacial score (nSPS) is 24.3. The molecule has 2 atom stereocenters. The van der Waals surface area contributed by atoms with Crippen molar-refractivity contribution in [1.82, 2.24) is 15.1 Å². The van der Waals surface area contributed by atoms with E-state index in [1.165, 1.54) is 0 Å². The Morgan fingerprint density at radius 3 is 2.40 bits per heavy atom. The van der Waals surface area contributed by atoms with Crippen molar-refractivity contribution in [1.29, 1.82) is 0 Å². The van der Waals surface area contributed by atoms with Gasteiger partial charge in [-0.15, -0.1) is 0 Å². The van der Waals surface area contributed by atoms with Gasteiger partial charge in [-0.05, 0) is 32.1 Å². The standard InChI is InChI=1S/C19H33N3O3/c1-4-7-17(23)21-10-5-8-15(12-21)19(25)22-11-6-9-16(13-22)20-18(24)14(2)3/h14-16H,4-13H2,1-3H3,(H,20,24). The van der Waals surface area contributed by atoms with Gasteiger partial charge in [0.15, 0.2) is 0 Å². The Morgan fingerprint density at radius 2 is 1.72 bits per heavy atom. The second-order valence-corrected chi connectivity index (χ2v) is 7.72. The minimum Gasteiger partial charge on any atom is -0.351 e. The third-order valence-electron chi connectivity index (χ3n) is 5.19. The highest BCUT2D eigenvalue weighted by molar-refractivity contribution is 5.82. The molecule has 0 bridgehead atoms. The van der Waals surface area contributed by atoms with Crippen LogP contribution in [0.15, 0.2) is 0 Å². The lowest BCUT2D eigenvalue weighted by Crippen LogP contribution is -2.53. The van der Waals surface area contributed by atoms with E-state index in [-0.39, 0.29) is 35.6 Å². The molecule has 0 spiro atoms. The van der Waals surface area contributed by atoms with Gasteiger partial charge in [0.2, 0.25) is 17.7 Å². The van der Waals surface area contributed by atoms with Crippen LogP contribution in [0.25, 0.3) is 0 Å². The van der Waals surface area contributed by atoms with Crippen LogP contribution in [-0.2, 0) is 14.4 Å². The maximum atomic E-state index is 12.9. The van der Waals surface area contributed by atoms with Crippen LogP contribution >= 0.6 is 0 Å². The van der Waals surface area contributed by atoms with E-state index in [2.05, 4.69) is 5.32 Å². The van der Waals surface area contributed by atoms with E-state index in [9.17, 15) is 14.4 Å². The van der Waals surface area contributed by atoms with E-state index < -0.39 is 0 Å². The molecule has 2 heterocycles. The monoisotopic (exact) mass is 351 g/mol. The SMILES string of the molecule is CCCC(=O)N1CCCC(C(=O)N2CCCC(NC(=O)C(C)C)C2)C1. The number of likely N-dealkylation sites (tertiary alicyclic amines) is 2. The molecule has 0 saturated carbocycles. The molecule has 25 heavy (non-hydrogen) atoms. The predicted molar refractivity (Wildman–Crippen MR) is 96.8 cm³/mol. The van der Waals surface area contributed by atoms with Crippen LogP contribution in [0, 0.1) is 11.8 Å². The number of carbonyl (C=O) groups excluding carboxylic acids is 3. The van der Waals surface area contributed by atoms with Gasteiger partial charge in [-0.1, -0.05) is 20.8 Å². The molecular weight excluding hydrogens is 318 g/mol. The van der Waals surface area contributed by atoms with Crippen LogP contribution in [0.3, 0.4) is 0 Å². The molecule has 0 aromatic rings. The van der Waals surface area contributed by atoms with Crippen LogP contribution < -0.4 is 5.32 Å². The Bertz CT molecular complexity index is 492. The van der Waals surface area contributed by atoms with Gasteiger partial charge in [-0.2, -0.15) is 0 Å². The first-order valence-corrected chi connectivity index (χ1v) is 9.79. The summed E-state index contributed by atoms with van der Waals surface area (Å²) in [4.78, 5) is 40.7. The smallest absolute Gasteiger partial charge is 0.227 e. The van der Waals surface area contributed by atoms with Gasteiger partial charge in [0.25, 0.3) is 0 Å². The van der Waals surface area contributed by atoms with Crippen molar-refractivity contribution in [2.75, 3.05) is 26.2 Å². The molecule has 3 amide bonds. The Morgan fingerprint density at radius 1 is 1.04 bits per heavy atom. The lowest BCUT2D eigenvalue weighted by molar-refractivity contribution is -0.142. The van der Waals surface area contributed by atoms with E-state index in [0.717, 1.165) is 45.2 Å². The summed E-state index contributed by atoms with van der Waals surface area (Å²) in [6.07, 6.45) is 5.00. The van der Waals surface area contributed by atoms with Crippen LogP contribution in [0.4, 0.5) is 0 Å². The van der Waals surface area contributed by atoms with Crippen molar-refractivity contribution in [3.05, 3.63) is 0 Å². The molecule has 2 aliphatic heterocycles. The van der Waals surface area contributed by atoms with E-state index in [1.807, 2.05) is 30.6 Å². The zero-order valence-corrected chi connectivity index (χ0v) is 15.9. The number of piperidine rings is 2. The molecule has 2 unspecified atom stereocenters. The first-order chi connectivity index (χ1) is 11.9. The zero-order chi connectivity index (χ0) is 18.4. The molecule has 0 aromatic carbocycles. The number of hydrogen-bond acceptors (Lipinski definition) is 3. The summed E-state index contributed by atoms with van der Waals surface area (Å²) in [5.74, 6) is 0.239. The first-order valence-electron chi connectivity index (χ1n) is 9.79. The van der Waals surface area contributed by atoms with E-state index in [1.54, 1.807) is 0 Å². The van der Waals surface area contributed by atoms with Gasteiger partial charge in [0, 0.05) is 44.6 Å². The van der Waals surface area contributed by atoms with Crippen molar-refractivity contribution in [3.8, 4) is 0 Å². The molecular formula is C19H33N3O3. The average Bonchev–Trinajstić information content (AvgIpc) is 2.61. The van der Waals surface area contributed by atoms with Gasteiger partial charge in [-0.25, -0.2) is 0 Å². The van der Waals surface area contributed by atoms with Crippen molar-refractivity contribution < 1.29 is 14.4 Å². The fraction of sp³-hybridized carbons (Fsp3) is 0.842. The van der Waals surface area contributed by atoms with Gasteiger partial charge in [-0.3, -0.25) is 14.4 Å². The summed E-state index contributed by atoms with van der Waals surface area (Å²) < 4.78 is 0. The summed E-state index contributed by atoms with van der Waals surface area (Å²) in [5, 5.41) is 3.05. The highest BCUT2D eigenvalue weighted by Gasteiger charge is 2.33. The Balaban J connectivity index is 1.90. The molecule has 1 N–H and O–H groups in total. The number of rotatable bonds is 5. The van der Waals surface area contributed by atoms with Crippen molar-refractivity contribution in [2.24, 2.45) is 11.8 Å². The van der Waals surface area contributed by atoms with E-state index >= 15 is 0 Å². The topological polar surface area (TPSA) is 69.7 Å². The van der Waals surface area contributed by atoms with Crippen LogP contribution in [0.5, 0.6) is 0 Å². The molecule has 2 rings (SSSR count). The number of nitrogens with one attached hydrogen (secondary N) is 1. The van der Waals surface area contributed by atoms with Gasteiger partial charge < -0.3 is 15.1 Å². The first kappa shape index (κ1) is 19.7. The summed E-state index contributed by atoms with van der Waals surface area (Å²) in [5.41, 5.74) is 0. The van der Waals surface area contributed by atoms with E-state index in [0.29, 0.717) is 19.5 Å². The predicted octanol–water partition coefficient (Wildman–Crippen LogP) is 1.79. The van der Waals surface area contributed by atoms with Crippen molar-refractivity contribution in [3.63, 3.8) is 0 Å². The molecule has 0 aromatic heterocycles. The number of amides is 3. The summed E-state index contributed by atoms with van der Waals surface area (Å²) in [7, 11) is 0. The lowest BCUT2D eigenvalue weighted by atomic mass is 9.94. The molecule has 0 radical (unpaired) electrons. The van der Waals surface area contributed by atoms with Crippen LogP contribution in [-0.4, -0.2) is 59.7 Å². The summed E-state index contributed by atoms with van der Waals surface area (Å²) >= 11 is 0. The van der Waals surface area contributed by atoms with Crippen LogP contribution in [0.1, 0.15) is 59.3 Å². The molecule has 6 nitrogen and oxygen atoms in total. The lowest BCUT2D eigenvalue weighted by Gasteiger charge is -2.38. The minimum atomic E-state index is -0.0888. The largest absolute Gasteiger partial charge is 0.351 e. The molecule has 142 valence electrons. The third kappa shape index (κ3) is 5.44. The second-order valence-electron chi connectivity index (χ2n) is 7.72. The fourth-order valence-corrected chi connectivity index (χ4v) is 3.70. The van der Waals surface area contributed by atoms with Gasteiger partial charge in [0.1, 0.15) is 0 Å². The maximum absolute atomic E-state index is 12.9. The molecule has 6 heteroatoms. The van der Waals surface area contributed by atoms with Crippen molar-refractivity contribution in [2.45, 2.75) is 65.3 Å². The number of carbonyl (C=O) groups is 3. The van der Waals surface area contributed by atoms with Gasteiger partial charge >= 0.3 is 0 Å². The highest BCUT2D eigenvalue weighted by atomic mass is 16.2. The molecule has 2 saturated heterocycles. The Labute approximate surface area is 151 Å². The Kier molecular flexibility index (Phi) is 7.26. The maximum Gasteiger partial charge on any atom is 0.227 e. The average molecular weight is 351 g/mol. The Hall–Kier alpha value is -1.59. The molecule has 0 aliphatic carbocycles. The second kappa shape index (κ2) is 9.20. The van der Waals surface area contributed by atoms with Crippen LogP contribution in [0.2, 0.25) is 0 Å². The number of hydrogen-bond donors (Lipinski definition) is 1. The number of nitrogens with zero attached hydrogens (tertiary/aromatic N) is 2. The summed E-state index contributed by atoms with van der Waals surface area (Å²) in [6, 6.07) is 0.0500. The summed E-state index contributed by atoms with van der Waals surface area (Å²) in [6.45, 7) is 8.44. The third-order valence-corrected chi connectivity index (χ3v) is 5.19. The zero-order valence-electron chi connectivity index (χ0n) is 15.9. The van der Waals surface area contributed by atoms with E-state index in [4.69, 9.17) is 0 Å². The highest BCUT2D eigenvalue weighted by Crippen LogP contribution is 2.22. The molecule has 2 fully saturated rings. The minimum absolute atomic E-state index is 0.0393. The fourth-order valence-electron chi connectivity index (χ4n) is 3.70.